The van der Waals surface area contributed by atoms with E-state index in [0.29, 0.717) is 0 Å². The molecular formula is C14H22N2. The number of rotatable bonds is 2. The second-order valence-electron chi connectivity index (χ2n) is 5.04. The number of benzene rings is 1. The quantitative estimate of drug-likeness (QED) is 0.818. The van der Waals surface area contributed by atoms with Gasteiger partial charge in [0.25, 0.3) is 0 Å². The molecule has 0 radical (unpaired) electrons. The molecule has 2 nitrogen and oxygen atoms in total. The standard InChI is InChI=1S/C14H22N2/c1-12-4-6-13(7-5-12)14(16(2)3)8-10-15-11-9-14/h4-7,15H,8-11H2,1-3H3. The van der Waals surface area contributed by atoms with Crippen molar-refractivity contribution < 1.29 is 0 Å². The summed E-state index contributed by atoms with van der Waals surface area (Å²) >= 11 is 0. The van der Waals surface area contributed by atoms with Crippen LogP contribution >= 0.6 is 0 Å². The van der Waals surface area contributed by atoms with Crippen LogP contribution in [0, 0.1) is 6.92 Å². The SMILES string of the molecule is Cc1ccc(C2(N(C)C)CCNCC2)cc1. The van der Waals surface area contributed by atoms with Gasteiger partial charge in [-0.15, -0.1) is 0 Å². The Labute approximate surface area is 98.7 Å². The summed E-state index contributed by atoms with van der Waals surface area (Å²) < 4.78 is 0. The highest BCUT2D eigenvalue weighted by Crippen LogP contribution is 2.35. The zero-order valence-corrected chi connectivity index (χ0v) is 10.6. The average molecular weight is 218 g/mol. The van der Waals surface area contributed by atoms with E-state index >= 15 is 0 Å². The van der Waals surface area contributed by atoms with Crippen molar-refractivity contribution in [1.82, 2.24) is 10.2 Å². The lowest BCUT2D eigenvalue weighted by Gasteiger charge is -2.43. The van der Waals surface area contributed by atoms with E-state index in [9.17, 15) is 0 Å². The van der Waals surface area contributed by atoms with Crippen LogP contribution in [0.15, 0.2) is 24.3 Å². The first-order chi connectivity index (χ1) is 7.65. The molecule has 0 unspecified atom stereocenters. The van der Waals surface area contributed by atoms with Gasteiger partial charge in [-0.25, -0.2) is 0 Å². The second kappa shape index (κ2) is 4.56. The molecule has 1 aromatic carbocycles. The van der Waals surface area contributed by atoms with Gasteiger partial charge in [-0.2, -0.15) is 0 Å². The predicted octanol–water partition coefficient (Wildman–Crippen LogP) is 2.14. The molecule has 1 aromatic rings. The molecule has 1 heterocycles. The summed E-state index contributed by atoms with van der Waals surface area (Å²) in [5, 5.41) is 3.45. The van der Waals surface area contributed by atoms with Gasteiger partial charge in [0.15, 0.2) is 0 Å². The molecule has 16 heavy (non-hydrogen) atoms. The highest BCUT2D eigenvalue weighted by atomic mass is 15.2. The van der Waals surface area contributed by atoms with Gasteiger partial charge in [-0.1, -0.05) is 29.8 Å². The zero-order chi connectivity index (χ0) is 11.6. The number of piperidine rings is 1. The van der Waals surface area contributed by atoms with Crippen LogP contribution in [0.5, 0.6) is 0 Å². The number of aryl methyl sites for hydroxylation is 1. The molecule has 0 spiro atoms. The minimum Gasteiger partial charge on any atom is -0.317 e. The molecule has 1 N–H and O–H groups in total. The maximum Gasteiger partial charge on any atom is 0.0478 e. The van der Waals surface area contributed by atoms with Crippen LogP contribution in [0.4, 0.5) is 0 Å². The minimum atomic E-state index is 0.235. The maximum atomic E-state index is 3.45. The van der Waals surface area contributed by atoms with Crippen molar-refractivity contribution in [2.24, 2.45) is 0 Å². The fourth-order valence-corrected chi connectivity index (χ4v) is 2.70. The Morgan fingerprint density at radius 2 is 1.62 bits per heavy atom. The summed E-state index contributed by atoms with van der Waals surface area (Å²) in [5.41, 5.74) is 3.04. The van der Waals surface area contributed by atoms with Gasteiger partial charge in [-0.3, -0.25) is 4.90 Å². The normalized spacial score (nSPS) is 20.0. The molecule has 0 aromatic heterocycles. The van der Waals surface area contributed by atoms with Gasteiger partial charge >= 0.3 is 0 Å². The van der Waals surface area contributed by atoms with Crippen molar-refractivity contribution in [1.29, 1.82) is 0 Å². The zero-order valence-electron chi connectivity index (χ0n) is 10.6. The Balaban J connectivity index is 2.34. The van der Waals surface area contributed by atoms with E-state index in [0.717, 1.165) is 13.1 Å². The number of nitrogens with one attached hydrogen (secondary N) is 1. The summed E-state index contributed by atoms with van der Waals surface area (Å²) in [7, 11) is 4.40. The summed E-state index contributed by atoms with van der Waals surface area (Å²) in [4.78, 5) is 2.39. The first kappa shape index (κ1) is 11.6. The topological polar surface area (TPSA) is 15.3 Å². The van der Waals surface area contributed by atoms with Crippen molar-refractivity contribution >= 4 is 0 Å². The van der Waals surface area contributed by atoms with Crippen molar-refractivity contribution in [3.63, 3.8) is 0 Å². The van der Waals surface area contributed by atoms with Crippen LogP contribution in [-0.4, -0.2) is 32.1 Å². The second-order valence-corrected chi connectivity index (χ2v) is 5.04. The molecule has 0 atom stereocenters. The van der Waals surface area contributed by atoms with Gasteiger partial charge < -0.3 is 5.32 Å². The Hall–Kier alpha value is -0.860. The van der Waals surface area contributed by atoms with Crippen molar-refractivity contribution in [3.05, 3.63) is 35.4 Å². The number of nitrogens with zero attached hydrogens (tertiary/aromatic N) is 1. The highest BCUT2D eigenvalue weighted by Gasteiger charge is 2.35. The van der Waals surface area contributed by atoms with E-state index in [4.69, 9.17) is 0 Å². The van der Waals surface area contributed by atoms with E-state index in [1.54, 1.807) is 0 Å². The molecule has 2 heteroatoms. The fourth-order valence-electron chi connectivity index (χ4n) is 2.70. The van der Waals surface area contributed by atoms with Gasteiger partial charge in [0.2, 0.25) is 0 Å². The van der Waals surface area contributed by atoms with E-state index < -0.39 is 0 Å². The largest absolute Gasteiger partial charge is 0.317 e. The lowest BCUT2D eigenvalue weighted by molar-refractivity contribution is 0.107. The van der Waals surface area contributed by atoms with Crippen molar-refractivity contribution in [2.45, 2.75) is 25.3 Å². The van der Waals surface area contributed by atoms with Crippen LogP contribution in [0.3, 0.4) is 0 Å². The Bertz CT molecular complexity index is 334. The van der Waals surface area contributed by atoms with E-state index in [2.05, 4.69) is 55.5 Å². The van der Waals surface area contributed by atoms with Crippen LogP contribution in [0.25, 0.3) is 0 Å². The molecule has 0 aliphatic carbocycles. The first-order valence-electron chi connectivity index (χ1n) is 6.10. The molecule has 1 saturated heterocycles. The van der Waals surface area contributed by atoms with Crippen LogP contribution in [0.2, 0.25) is 0 Å². The summed E-state index contributed by atoms with van der Waals surface area (Å²) in [6, 6.07) is 9.03. The van der Waals surface area contributed by atoms with Gasteiger partial charge in [0.1, 0.15) is 0 Å². The molecule has 1 fully saturated rings. The summed E-state index contributed by atoms with van der Waals surface area (Å²) in [6.45, 7) is 4.38. The lowest BCUT2D eigenvalue weighted by atomic mass is 9.80. The first-order valence-corrected chi connectivity index (χ1v) is 6.10. The van der Waals surface area contributed by atoms with Crippen molar-refractivity contribution in [3.8, 4) is 0 Å². The third kappa shape index (κ3) is 2.00. The number of hydrogen-bond acceptors (Lipinski definition) is 2. The van der Waals surface area contributed by atoms with Gasteiger partial charge in [-0.05, 0) is 52.5 Å². The van der Waals surface area contributed by atoms with Gasteiger partial charge in [0.05, 0.1) is 0 Å². The highest BCUT2D eigenvalue weighted by molar-refractivity contribution is 5.28. The van der Waals surface area contributed by atoms with Crippen LogP contribution in [-0.2, 0) is 5.54 Å². The third-order valence-corrected chi connectivity index (χ3v) is 3.88. The van der Waals surface area contributed by atoms with E-state index in [1.807, 2.05) is 0 Å². The van der Waals surface area contributed by atoms with Crippen LogP contribution < -0.4 is 5.32 Å². The molecule has 0 amide bonds. The molecule has 1 aliphatic rings. The van der Waals surface area contributed by atoms with Crippen molar-refractivity contribution in [2.75, 3.05) is 27.2 Å². The predicted molar refractivity (Wildman–Crippen MR) is 68.6 cm³/mol. The maximum absolute atomic E-state index is 3.45. The number of hydrogen-bond donors (Lipinski definition) is 1. The molecule has 0 saturated carbocycles. The average Bonchev–Trinajstić information content (AvgIpc) is 2.30. The molecule has 0 bridgehead atoms. The Kier molecular flexibility index (Phi) is 3.31. The molecular weight excluding hydrogens is 196 g/mol. The van der Waals surface area contributed by atoms with Gasteiger partial charge in [0, 0.05) is 5.54 Å². The third-order valence-electron chi connectivity index (χ3n) is 3.88. The smallest absolute Gasteiger partial charge is 0.0478 e. The molecule has 88 valence electrons. The summed E-state index contributed by atoms with van der Waals surface area (Å²) in [5.74, 6) is 0. The Morgan fingerprint density at radius 1 is 1.06 bits per heavy atom. The summed E-state index contributed by atoms with van der Waals surface area (Å²) in [6.07, 6.45) is 2.39. The lowest BCUT2D eigenvalue weighted by Crippen LogP contribution is -2.49. The minimum absolute atomic E-state index is 0.235. The monoisotopic (exact) mass is 218 g/mol. The fraction of sp³-hybridized carbons (Fsp3) is 0.571. The Morgan fingerprint density at radius 3 is 2.12 bits per heavy atom. The van der Waals surface area contributed by atoms with E-state index in [1.165, 1.54) is 24.0 Å². The van der Waals surface area contributed by atoms with Crippen LogP contribution in [0.1, 0.15) is 24.0 Å². The van der Waals surface area contributed by atoms with E-state index in [-0.39, 0.29) is 5.54 Å². The molecule has 1 aliphatic heterocycles. The molecule has 2 rings (SSSR count).